The van der Waals surface area contributed by atoms with Crippen LogP contribution in [0.4, 0.5) is 15.8 Å². The van der Waals surface area contributed by atoms with Crippen LogP contribution >= 0.6 is 0 Å². The van der Waals surface area contributed by atoms with E-state index in [1.165, 1.54) is 31.4 Å². The summed E-state index contributed by atoms with van der Waals surface area (Å²) in [6, 6.07) is 10.7. The molecule has 0 aliphatic heterocycles. The summed E-state index contributed by atoms with van der Waals surface area (Å²) in [5, 5.41) is 11.8. The van der Waals surface area contributed by atoms with Crippen LogP contribution < -0.4 is 10.1 Å². The van der Waals surface area contributed by atoms with Gasteiger partial charge in [-0.3, -0.25) is 0 Å². The highest BCUT2D eigenvalue weighted by Crippen LogP contribution is 2.24. The quantitative estimate of drug-likeness (QED) is 0.886. The number of rotatable bonds is 4. The van der Waals surface area contributed by atoms with Crippen molar-refractivity contribution >= 4 is 17.3 Å². The van der Waals surface area contributed by atoms with Gasteiger partial charge in [-0.25, -0.2) is 9.18 Å². The molecule has 0 aliphatic rings. The number of carboxylic acid groups (broad SMARTS) is 1. The molecule has 0 unspecified atom stereocenters. The number of halogens is 1. The van der Waals surface area contributed by atoms with E-state index in [-0.39, 0.29) is 11.3 Å². The minimum Gasteiger partial charge on any atom is -0.494 e. The van der Waals surface area contributed by atoms with Crippen molar-refractivity contribution < 1.29 is 19.0 Å². The Kier molecular flexibility index (Phi) is 3.66. The van der Waals surface area contributed by atoms with E-state index in [1.807, 2.05) is 0 Å². The molecule has 2 N–H and O–H groups in total. The lowest BCUT2D eigenvalue weighted by molar-refractivity contribution is 0.0697. The van der Waals surface area contributed by atoms with Crippen molar-refractivity contribution in [1.82, 2.24) is 0 Å². The van der Waals surface area contributed by atoms with Crippen LogP contribution in [-0.2, 0) is 0 Å². The molecule has 0 saturated heterocycles. The lowest BCUT2D eigenvalue weighted by Crippen LogP contribution is -1.97. The maximum atomic E-state index is 13.2. The van der Waals surface area contributed by atoms with Gasteiger partial charge in [-0.2, -0.15) is 0 Å². The third kappa shape index (κ3) is 3.01. The summed E-state index contributed by atoms with van der Waals surface area (Å²) in [5.41, 5.74) is 1.57. The third-order valence-electron chi connectivity index (χ3n) is 2.57. The number of aromatic carboxylic acids is 1. The minimum atomic E-state index is -0.977. The van der Waals surface area contributed by atoms with Crippen molar-refractivity contribution in [2.45, 2.75) is 0 Å². The highest BCUT2D eigenvalue weighted by Gasteiger charge is 2.05. The smallest absolute Gasteiger partial charge is 0.335 e. The first-order valence-corrected chi connectivity index (χ1v) is 5.54. The van der Waals surface area contributed by atoms with Gasteiger partial charge in [0.1, 0.15) is 0 Å². The zero-order valence-electron chi connectivity index (χ0n) is 10.2. The van der Waals surface area contributed by atoms with Gasteiger partial charge in [0.05, 0.1) is 12.7 Å². The van der Waals surface area contributed by atoms with Crippen LogP contribution in [0.3, 0.4) is 0 Å². The highest BCUT2D eigenvalue weighted by molar-refractivity contribution is 5.88. The van der Waals surface area contributed by atoms with E-state index in [4.69, 9.17) is 9.84 Å². The Hall–Kier alpha value is -2.56. The molecule has 2 aromatic carbocycles. The van der Waals surface area contributed by atoms with Crippen LogP contribution in [-0.4, -0.2) is 18.2 Å². The van der Waals surface area contributed by atoms with Crippen molar-refractivity contribution in [3.05, 3.63) is 53.8 Å². The van der Waals surface area contributed by atoms with Crippen molar-refractivity contribution in [2.75, 3.05) is 12.4 Å². The molecule has 2 aromatic rings. The van der Waals surface area contributed by atoms with Crippen LogP contribution in [0, 0.1) is 5.82 Å². The summed E-state index contributed by atoms with van der Waals surface area (Å²) in [4.78, 5) is 10.7. The number of hydrogen-bond acceptors (Lipinski definition) is 3. The summed E-state index contributed by atoms with van der Waals surface area (Å²) in [7, 11) is 1.39. The number of nitrogens with one attached hydrogen (secondary N) is 1. The monoisotopic (exact) mass is 261 g/mol. The molecule has 0 fully saturated rings. The lowest BCUT2D eigenvalue weighted by Gasteiger charge is -2.09. The summed E-state index contributed by atoms with van der Waals surface area (Å²) < 4.78 is 18.1. The first kappa shape index (κ1) is 12.9. The van der Waals surface area contributed by atoms with E-state index in [9.17, 15) is 9.18 Å². The number of benzene rings is 2. The van der Waals surface area contributed by atoms with E-state index in [1.54, 1.807) is 18.2 Å². The largest absolute Gasteiger partial charge is 0.494 e. The van der Waals surface area contributed by atoms with Gasteiger partial charge in [0.15, 0.2) is 11.6 Å². The topological polar surface area (TPSA) is 58.6 Å². The van der Waals surface area contributed by atoms with Gasteiger partial charge < -0.3 is 15.2 Å². The summed E-state index contributed by atoms with van der Waals surface area (Å²) in [6.07, 6.45) is 0. The average molecular weight is 261 g/mol. The fourth-order valence-electron chi connectivity index (χ4n) is 1.60. The zero-order chi connectivity index (χ0) is 13.8. The Labute approximate surface area is 109 Å². The van der Waals surface area contributed by atoms with Gasteiger partial charge >= 0.3 is 5.97 Å². The van der Waals surface area contributed by atoms with Crippen molar-refractivity contribution in [2.24, 2.45) is 0 Å². The van der Waals surface area contributed by atoms with Gasteiger partial charge in [0.25, 0.3) is 0 Å². The van der Waals surface area contributed by atoms with Crippen LogP contribution in [0.25, 0.3) is 0 Å². The third-order valence-corrected chi connectivity index (χ3v) is 2.57. The second-order valence-corrected chi connectivity index (χ2v) is 3.86. The molecule has 19 heavy (non-hydrogen) atoms. The van der Waals surface area contributed by atoms with E-state index in [2.05, 4.69) is 5.32 Å². The fraction of sp³-hybridized carbons (Fsp3) is 0.0714. The van der Waals surface area contributed by atoms with E-state index in [0.29, 0.717) is 11.4 Å². The molecule has 0 aromatic heterocycles. The Bertz CT molecular complexity index is 596. The molecule has 2 rings (SSSR count). The number of carbonyl (C=O) groups is 1. The molecule has 0 amide bonds. The summed E-state index contributed by atoms with van der Waals surface area (Å²) >= 11 is 0. The fourth-order valence-corrected chi connectivity index (χ4v) is 1.60. The standard InChI is InChI=1S/C14H12FNO3/c1-19-13-8-11(6-7-12(13)15)16-10-4-2-9(3-5-10)14(17)18/h2-8,16H,1H3,(H,17,18). The summed E-state index contributed by atoms with van der Waals surface area (Å²) in [5.74, 6) is -1.27. The molecule has 98 valence electrons. The van der Waals surface area contributed by atoms with Gasteiger partial charge in [-0.15, -0.1) is 0 Å². The van der Waals surface area contributed by atoms with Crippen LogP contribution in [0.2, 0.25) is 0 Å². The average Bonchev–Trinajstić information content (AvgIpc) is 2.41. The zero-order valence-corrected chi connectivity index (χ0v) is 10.2. The molecule has 0 spiro atoms. The second-order valence-electron chi connectivity index (χ2n) is 3.86. The number of carboxylic acids is 1. The van der Waals surface area contributed by atoms with E-state index >= 15 is 0 Å². The Morgan fingerprint density at radius 2 is 1.79 bits per heavy atom. The number of hydrogen-bond donors (Lipinski definition) is 2. The maximum absolute atomic E-state index is 13.2. The van der Waals surface area contributed by atoms with Gasteiger partial charge in [0, 0.05) is 17.4 Å². The van der Waals surface area contributed by atoms with Crippen molar-refractivity contribution in [3.63, 3.8) is 0 Å². The Balaban J connectivity index is 2.19. The van der Waals surface area contributed by atoms with E-state index < -0.39 is 11.8 Å². The normalized spacial score (nSPS) is 10.0. The molecule has 0 aliphatic carbocycles. The number of methoxy groups -OCH3 is 1. The van der Waals surface area contributed by atoms with Gasteiger partial charge in [-0.1, -0.05) is 0 Å². The van der Waals surface area contributed by atoms with Crippen LogP contribution in [0.5, 0.6) is 5.75 Å². The second kappa shape index (κ2) is 5.39. The SMILES string of the molecule is COc1cc(Nc2ccc(C(=O)O)cc2)ccc1F. The van der Waals surface area contributed by atoms with Gasteiger partial charge in [-0.05, 0) is 36.4 Å². The first-order valence-electron chi connectivity index (χ1n) is 5.54. The van der Waals surface area contributed by atoms with E-state index in [0.717, 1.165) is 0 Å². The molecule has 0 saturated carbocycles. The minimum absolute atomic E-state index is 0.146. The predicted octanol–water partition coefficient (Wildman–Crippen LogP) is 3.28. The first-order chi connectivity index (χ1) is 9.10. The number of ether oxygens (including phenoxy) is 1. The van der Waals surface area contributed by atoms with Crippen LogP contribution in [0.15, 0.2) is 42.5 Å². The Morgan fingerprint density at radius 3 is 2.37 bits per heavy atom. The Morgan fingerprint density at radius 1 is 1.16 bits per heavy atom. The van der Waals surface area contributed by atoms with Crippen molar-refractivity contribution in [3.8, 4) is 5.75 Å². The van der Waals surface area contributed by atoms with Crippen molar-refractivity contribution in [1.29, 1.82) is 0 Å². The molecule has 5 heteroatoms. The number of anilines is 2. The molecule has 4 nitrogen and oxygen atoms in total. The van der Waals surface area contributed by atoms with Crippen LogP contribution in [0.1, 0.15) is 10.4 Å². The molecule has 0 heterocycles. The molecule has 0 bridgehead atoms. The molecular weight excluding hydrogens is 249 g/mol. The lowest BCUT2D eigenvalue weighted by atomic mass is 10.2. The maximum Gasteiger partial charge on any atom is 0.335 e. The molecular formula is C14H12FNO3. The summed E-state index contributed by atoms with van der Waals surface area (Å²) in [6.45, 7) is 0. The molecule has 0 radical (unpaired) electrons. The highest BCUT2D eigenvalue weighted by atomic mass is 19.1. The molecule has 0 atom stereocenters. The predicted molar refractivity (Wildman–Crippen MR) is 69.6 cm³/mol. The van der Waals surface area contributed by atoms with Gasteiger partial charge in [0.2, 0.25) is 0 Å².